The Labute approximate surface area is 187 Å². The summed E-state index contributed by atoms with van der Waals surface area (Å²) in [6.07, 6.45) is 5.84. The van der Waals surface area contributed by atoms with Crippen LogP contribution in [0, 0.1) is 0 Å². The molecule has 1 aromatic rings. The average molecular weight is 444 g/mol. The van der Waals surface area contributed by atoms with E-state index in [1.165, 1.54) is 0 Å². The van der Waals surface area contributed by atoms with Gasteiger partial charge in [0.25, 0.3) is 5.91 Å². The Kier molecular flexibility index (Phi) is 6.89. The summed E-state index contributed by atoms with van der Waals surface area (Å²) in [4.78, 5) is 38.0. The first kappa shape index (κ1) is 22.5. The van der Waals surface area contributed by atoms with Gasteiger partial charge in [0, 0.05) is 24.6 Å². The number of halogens is 1. The molecule has 2 aliphatic heterocycles. The van der Waals surface area contributed by atoms with Gasteiger partial charge in [-0.2, -0.15) is 0 Å². The van der Waals surface area contributed by atoms with Gasteiger partial charge in [-0.3, -0.25) is 19.7 Å². The third-order valence-electron chi connectivity index (χ3n) is 6.52. The summed E-state index contributed by atoms with van der Waals surface area (Å²) < 4.78 is 19.2. The molecule has 1 unspecified atom stereocenters. The molecule has 3 amide bonds. The number of allylic oxidation sites excluding steroid dienone is 1. The molecule has 0 bridgehead atoms. The molecule has 1 saturated carbocycles. The van der Waals surface area contributed by atoms with Crippen LogP contribution in [0.3, 0.4) is 0 Å². The van der Waals surface area contributed by atoms with Crippen LogP contribution < -0.4 is 15.4 Å². The lowest BCUT2D eigenvalue weighted by molar-refractivity contribution is -0.136. The van der Waals surface area contributed by atoms with Gasteiger partial charge in [0.2, 0.25) is 11.8 Å². The fourth-order valence-corrected chi connectivity index (χ4v) is 4.84. The van der Waals surface area contributed by atoms with E-state index in [0.717, 1.165) is 31.2 Å². The van der Waals surface area contributed by atoms with Crippen LogP contribution in [0.2, 0.25) is 0 Å². The van der Waals surface area contributed by atoms with E-state index in [1.807, 2.05) is 12.1 Å². The van der Waals surface area contributed by atoms with Gasteiger partial charge in [0.05, 0.1) is 5.83 Å². The highest BCUT2D eigenvalue weighted by molar-refractivity contribution is 6.05. The van der Waals surface area contributed by atoms with Crippen molar-refractivity contribution < 1.29 is 23.5 Å². The highest BCUT2D eigenvalue weighted by atomic mass is 19.1. The Hall–Kier alpha value is -2.74. The highest BCUT2D eigenvalue weighted by Gasteiger charge is 2.39. The third kappa shape index (κ3) is 5.01. The lowest BCUT2D eigenvalue weighted by Gasteiger charge is -2.32. The van der Waals surface area contributed by atoms with Crippen molar-refractivity contribution in [2.24, 2.45) is 0 Å². The molecule has 1 saturated heterocycles. The molecular weight excluding hydrogens is 413 g/mol. The Morgan fingerprint density at radius 2 is 2.03 bits per heavy atom. The predicted molar refractivity (Wildman–Crippen MR) is 117 cm³/mol. The number of nitrogens with zero attached hydrogens (tertiary/aromatic N) is 1. The quantitative estimate of drug-likeness (QED) is 0.476. The number of carbonyl (C=O) groups is 3. The first-order valence-corrected chi connectivity index (χ1v) is 11.4. The lowest BCUT2D eigenvalue weighted by atomic mass is 9.92. The fraction of sp³-hybridized carbons (Fsp3) is 0.542. The second-order valence-electron chi connectivity index (χ2n) is 8.84. The van der Waals surface area contributed by atoms with Gasteiger partial charge in [0.1, 0.15) is 17.9 Å². The number of hydrogen-bond donors (Lipinski definition) is 2. The van der Waals surface area contributed by atoms with Crippen LogP contribution in [0.15, 0.2) is 30.6 Å². The van der Waals surface area contributed by atoms with Crippen LogP contribution >= 0.6 is 0 Å². The molecule has 8 heteroatoms. The molecule has 1 aromatic carbocycles. The van der Waals surface area contributed by atoms with Crippen LogP contribution in [-0.2, 0) is 16.1 Å². The maximum Gasteiger partial charge on any atom is 0.255 e. The van der Waals surface area contributed by atoms with E-state index < -0.39 is 11.9 Å². The number of rotatable bonds is 8. The number of benzene rings is 1. The van der Waals surface area contributed by atoms with E-state index in [9.17, 15) is 18.8 Å². The zero-order valence-electron chi connectivity index (χ0n) is 18.2. The Morgan fingerprint density at radius 1 is 1.22 bits per heavy atom. The Balaban J connectivity index is 1.39. The largest absolute Gasteiger partial charge is 0.489 e. The van der Waals surface area contributed by atoms with Gasteiger partial charge in [-0.25, -0.2) is 4.39 Å². The second-order valence-corrected chi connectivity index (χ2v) is 8.84. The molecule has 0 aromatic heterocycles. The molecule has 2 heterocycles. The maximum absolute atomic E-state index is 12.8. The number of ether oxygens (including phenoxy) is 1. The minimum Gasteiger partial charge on any atom is -0.489 e. The number of fused-ring (bicyclic) bond motifs is 1. The third-order valence-corrected chi connectivity index (χ3v) is 6.52. The molecule has 2 N–H and O–H groups in total. The monoisotopic (exact) mass is 443 g/mol. The number of hydrogen-bond acceptors (Lipinski definition) is 5. The molecule has 0 spiro atoms. The molecule has 2 fully saturated rings. The summed E-state index contributed by atoms with van der Waals surface area (Å²) in [5.74, 6) is -0.477. The molecule has 32 heavy (non-hydrogen) atoms. The van der Waals surface area contributed by atoms with Crippen molar-refractivity contribution in [1.29, 1.82) is 0 Å². The molecule has 3 aliphatic rings. The summed E-state index contributed by atoms with van der Waals surface area (Å²) in [5.41, 5.74) is 1.41. The Morgan fingerprint density at radius 3 is 2.81 bits per heavy atom. The van der Waals surface area contributed by atoms with Gasteiger partial charge in [0.15, 0.2) is 0 Å². The number of nitrogens with one attached hydrogen (secondary N) is 2. The van der Waals surface area contributed by atoms with Crippen LogP contribution in [0.25, 0.3) is 0 Å². The van der Waals surface area contributed by atoms with Crippen LogP contribution in [0.5, 0.6) is 5.75 Å². The maximum atomic E-state index is 12.8. The van der Waals surface area contributed by atoms with Crippen molar-refractivity contribution in [3.63, 3.8) is 0 Å². The van der Waals surface area contributed by atoms with Crippen LogP contribution in [0.1, 0.15) is 67.3 Å². The zero-order chi connectivity index (χ0) is 22.7. The predicted octanol–water partition coefficient (Wildman–Crippen LogP) is 2.99. The van der Waals surface area contributed by atoms with Crippen LogP contribution in [0.4, 0.5) is 4.39 Å². The zero-order valence-corrected chi connectivity index (χ0v) is 18.2. The van der Waals surface area contributed by atoms with Gasteiger partial charge in [-0.05, 0) is 68.8 Å². The smallest absolute Gasteiger partial charge is 0.255 e. The normalized spacial score (nSPS) is 25.5. The standard InChI is InChI=1S/C24H30FN3O4/c1-15(25)5-4-12-26-19-6-2-3-7-21(19)32-17-8-9-18-16(13-17)14-28(24(18)31)20-10-11-22(29)27-23(20)30/h8-9,13,19-21,26H,1-7,10-12,14H2,(H,27,29,30)/t19-,20?,21-/m0/s1. The minimum atomic E-state index is -0.621. The van der Waals surface area contributed by atoms with Crippen molar-refractivity contribution in [1.82, 2.24) is 15.5 Å². The summed E-state index contributed by atoms with van der Waals surface area (Å²) in [7, 11) is 0. The SMILES string of the molecule is C=C(F)CCCN[C@H]1CCCC[C@@H]1Oc1ccc2c(c1)CN(C1CCC(=O)NC1=O)C2=O. The number of piperidine rings is 1. The number of carbonyl (C=O) groups excluding carboxylic acids is 3. The van der Waals surface area contributed by atoms with Crippen LogP contribution in [-0.4, -0.2) is 47.4 Å². The van der Waals surface area contributed by atoms with Crippen molar-refractivity contribution in [3.05, 3.63) is 41.7 Å². The van der Waals surface area contributed by atoms with E-state index in [-0.39, 0.29) is 36.2 Å². The summed E-state index contributed by atoms with van der Waals surface area (Å²) in [6.45, 7) is 4.35. The average Bonchev–Trinajstić information content (AvgIpc) is 3.08. The van der Waals surface area contributed by atoms with Crippen molar-refractivity contribution in [2.75, 3.05) is 6.54 Å². The Bertz CT molecular complexity index is 919. The van der Waals surface area contributed by atoms with Gasteiger partial charge in [-0.15, -0.1) is 0 Å². The molecule has 3 atom stereocenters. The van der Waals surface area contributed by atoms with E-state index in [4.69, 9.17) is 4.74 Å². The first-order chi connectivity index (χ1) is 15.4. The minimum absolute atomic E-state index is 0.0127. The van der Waals surface area contributed by atoms with Gasteiger partial charge >= 0.3 is 0 Å². The highest BCUT2D eigenvalue weighted by Crippen LogP contribution is 2.32. The van der Waals surface area contributed by atoms with Gasteiger partial charge in [-0.1, -0.05) is 13.0 Å². The molecule has 1 aliphatic carbocycles. The van der Waals surface area contributed by atoms with Gasteiger partial charge < -0.3 is 15.0 Å². The van der Waals surface area contributed by atoms with Crippen molar-refractivity contribution in [3.8, 4) is 5.75 Å². The molecule has 0 radical (unpaired) electrons. The van der Waals surface area contributed by atoms with E-state index in [2.05, 4.69) is 17.2 Å². The number of imide groups is 1. The van der Waals surface area contributed by atoms with E-state index in [1.54, 1.807) is 11.0 Å². The second kappa shape index (κ2) is 9.81. The first-order valence-electron chi connectivity index (χ1n) is 11.4. The number of amides is 3. The lowest BCUT2D eigenvalue weighted by Crippen LogP contribution is -2.52. The van der Waals surface area contributed by atoms with E-state index in [0.29, 0.717) is 43.7 Å². The van der Waals surface area contributed by atoms with E-state index >= 15 is 0 Å². The van der Waals surface area contributed by atoms with Crippen molar-refractivity contribution >= 4 is 17.7 Å². The topological polar surface area (TPSA) is 87.7 Å². The summed E-state index contributed by atoms with van der Waals surface area (Å²) >= 11 is 0. The molecule has 172 valence electrons. The molecule has 4 rings (SSSR count). The fourth-order valence-electron chi connectivity index (χ4n) is 4.84. The summed E-state index contributed by atoms with van der Waals surface area (Å²) in [6, 6.07) is 5.04. The molecular formula is C24H30FN3O4. The van der Waals surface area contributed by atoms with Crippen molar-refractivity contribution in [2.45, 2.75) is 76.1 Å². The molecule has 7 nitrogen and oxygen atoms in total. The summed E-state index contributed by atoms with van der Waals surface area (Å²) in [5, 5.41) is 5.82.